The van der Waals surface area contributed by atoms with Gasteiger partial charge in [0, 0.05) is 5.56 Å². The fourth-order valence-corrected chi connectivity index (χ4v) is 3.22. The third-order valence-corrected chi connectivity index (χ3v) is 4.76. The van der Waals surface area contributed by atoms with E-state index < -0.39 is 0 Å². The Balaban J connectivity index is 1.53. The van der Waals surface area contributed by atoms with Crippen LogP contribution < -0.4 is 15.0 Å². The van der Waals surface area contributed by atoms with Gasteiger partial charge in [0.2, 0.25) is 5.89 Å². The van der Waals surface area contributed by atoms with Crippen LogP contribution in [0.2, 0.25) is 0 Å². The first-order chi connectivity index (χ1) is 13.7. The molecule has 28 heavy (non-hydrogen) atoms. The molecule has 0 fully saturated rings. The van der Waals surface area contributed by atoms with Gasteiger partial charge < -0.3 is 13.9 Å². The van der Waals surface area contributed by atoms with Crippen molar-refractivity contribution in [2.75, 3.05) is 14.2 Å². The monoisotopic (exact) mass is 397 g/mol. The standard InChI is InChI=1S/C18H15N5O4S/c1-25-14-8-7-11(9-15(14)26-2)16-20-21-18(27-16)28-10-23-17(24)12-5-3-4-6-13(12)19-22-23/h3-9H,10H2,1-2H3. The quantitative estimate of drug-likeness (QED) is 0.454. The summed E-state index contributed by atoms with van der Waals surface area (Å²) in [5, 5.41) is 16.9. The van der Waals surface area contributed by atoms with Gasteiger partial charge in [0.05, 0.1) is 19.6 Å². The molecule has 0 aliphatic heterocycles. The molecule has 0 aliphatic rings. The minimum Gasteiger partial charge on any atom is -0.493 e. The minimum absolute atomic E-state index is 0.199. The highest BCUT2D eigenvalue weighted by atomic mass is 32.2. The summed E-state index contributed by atoms with van der Waals surface area (Å²) >= 11 is 1.19. The SMILES string of the molecule is COc1ccc(-c2nnc(SCn3nnc4ccccc4c3=O)o2)cc1OC. The number of fused-ring (bicyclic) bond motifs is 1. The summed E-state index contributed by atoms with van der Waals surface area (Å²) in [6.07, 6.45) is 0. The van der Waals surface area contributed by atoms with E-state index in [-0.39, 0.29) is 11.4 Å². The van der Waals surface area contributed by atoms with Gasteiger partial charge in [0.1, 0.15) is 11.4 Å². The summed E-state index contributed by atoms with van der Waals surface area (Å²) in [4.78, 5) is 12.5. The molecule has 142 valence electrons. The van der Waals surface area contributed by atoms with Crippen molar-refractivity contribution in [2.24, 2.45) is 0 Å². The molecule has 0 saturated carbocycles. The summed E-state index contributed by atoms with van der Waals surface area (Å²) in [6.45, 7) is 0. The second-order valence-electron chi connectivity index (χ2n) is 5.63. The van der Waals surface area contributed by atoms with E-state index in [0.717, 1.165) is 0 Å². The molecule has 9 nitrogen and oxygen atoms in total. The number of rotatable bonds is 6. The molecule has 0 spiro atoms. The van der Waals surface area contributed by atoms with Gasteiger partial charge in [-0.25, -0.2) is 0 Å². The first kappa shape index (κ1) is 18.0. The van der Waals surface area contributed by atoms with Gasteiger partial charge in [-0.2, -0.15) is 4.68 Å². The normalized spacial score (nSPS) is 10.9. The molecule has 10 heteroatoms. The van der Waals surface area contributed by atoms with Gasteiger partial charge in [0.15, 0.2) is 11.5 Å². The Morgan fingerprint density at radius 2 is 1.86 bits per heavy atom. The van der Waals surface area contributed by atoms with Crippen molar-refractivity contribution >= 4 is 22.7 Å². The second-order valence-corrected chi connectivity index (χ2v) is 6.52. The molecule has 0 unspecified atom stereocenters. The molecular formula is C18H15N5O4S. The maximum Gasteiger partial charge on any atom is 0.278 e. The summed E-state index contributed by atoms with van der Waals surface area (Å²) in [5.74, 6) is 1.70. The molecule has 0 saturated heterocycles. The number of ether oxygens (including phenoxy) is 2. The molecule has 2 heterocycles. The summed E-state index contributed by atoms with van der Waals surface area (Å²) in [7, 11) is 3.12. The molecule has 0 amide bonds. The number of methoxy groups -OCH3 is 2. The summed E-state index contributed by atoms with van der Waals surface area (Å²) in [5.41, 5.74) is 1.03. The molecule has 4 aromatic rings. The fraction of sp³-hybridized carbons (Fsp3) is 0.167. The van der Waals surface area contributed by atoms with Crippen molar-refractivity contribution in [1.82, 2.24) is 25.2 Å². The molecule has 0 radical (unpaired) electrons. The van der Waals surface area contributed by atoms with Crippen LogP contribution in [0.4, 0.5) is 0 Å². The fourth-order valence-electron chi connectivity index (χ4n) is 2.58. The molecule has 2 aromatic carbocycles. The average molecular weight is 397 g/mol. The van der Waals surface area contributed by atoms with Crippen LogP contribution >= 0.6 is 11.8 Å². The second kappa shape index (κ2) is 7.69. The van der Waals surface area contributed by atoms with E-state index in [9.17, 15) is 4.79 Å². The minimum atomic E-state index is -0.224. The van der Waals surface area contributed by atoms with Crippen LogP contribution in [0, 0.1) is 0 Å². The van der Waals surface area contributed by atoms with E-state index in [1.54, 1.807) is 50.6 Å². The van der Waals surface area contributed by atoms with E-state index in [1.165, 1.54) is 16.4 Å². The average Bonchev–Trinajstić information content (AvgIpc) is 3.22. The lowest BCUT2D eigenvalue weighted by Crippen LogP contribution is -2.23. The largest absolute Gasteiger partial charge is 0.493 e. The number of aromatic nitrogens is 5. The zero-order valence-electron chi connectivity index (χ0n) is 15.0. The van der Waals surface area contributed by atoms with E-state index in [0.29, 0.717) is 39.1 Å². The molecule has 0 N–H and O–H groups in total. The van der Waals surface area contributed by atoms with Crippen molar-refractivity contribution in [3.63, 3.8) is 0 Å². The van der Waals surface area contributed by atoms with Gasteiger partial charge >= 0.3 is 0 Å². The third-order valence-electron chi connectivity index (χ3n) is 3.98. The lowest BCUT2D eigenvalue weighted by molar-refractivity contribution is 0.355. The maximum atomic E-state index is 12.5. The lowest BCUT2D eigenvalue weighted by Gasteiger charge is -2.07. The number of nitrogens with zero attached hydrogens (tertiary/aromatic N) is 5. The van der Waals surface area contributed by atoms with Gasteiger partial charge in [0.25, 0.3) is 10.8 Å². The van der Waals surface area contributed by atoms with Gasteiger partial charge in [-0.3, -0.25) is 4.79 Å². The Hall–Kier alpha value is -3.40. The van der Waals surface area contributed by atoms with E-state index in [4.69, 9.17) is 13.9 Å². The number of hydrogen-bond donors (Lipinski definition) is 0. The molecule has 0 bridgehead atoms. The van der Waals surface area contributed by atoms with Crippen LogP contribution in [0.25, 0.3) is 22.4 Å². The predicted octanol–water partition coefficient (Wildman–Crippen LogP) is 2.61. The molecule has 0 aliphatic carbocycles. The highest BCUT2D eigenvalue weighted by molar-refractivity contribution is 7.98. The Morgan fingerprint density at radius 1 is 1.04 bits per heavy atom. The van der Waals surface area contributed by atoms with Crippen molar-refractivity contribution in [2.45, 2.75) is 11.1 Å². The Bertz CT molecular complexity index is 1190. The van der Waals surface area contributed by atoms with Crippen molar-refractivity contribution < 1.29 is 13.9 Å². The first-order valence-corrected chi connectivity index (χ1v) is 9.19. The molecule has 4 rings (SSSR count). The highest BCUT2D eigenvalue weighted by Gasteiger charge is 2.13. The Morgan fingerprint density at radius 3 is 2.68 bits per heavy atom. The molecule has 2 aromatic heterocycles. The van der Waals surface area contributed by atoms with Crippen LogP contribution in [0.3, 0.4) is 0 Å². The van der Waals surface area contributed by atoms with Gasteiger partial charge in [-0.1, -0.05) is 17.3 Å². The zero-order chi connectivity index (χ0) is 19.5. The van der Waals surface area contributed by atoms with Crippen molar-refractivity contribution in [3.8, 4) is 23.0 Å². The number of hydrogen-bond acceptors (Lipinski definition) is 9. The first-order valence-electron chi connectivity index (χ1n) is 8.21. The number of thioether (sulfide) groups is 1. The topological polar surface area (TPSA) is 105 Å². The third kappa shape index (κ3) is 3.41. The van der Waals surface area contributed by atoms with E-state index in [2.05, 4.69) is 20.5 Å². The number of benzene rings is 2. The Labute approximate surface area is 163 Å². The van der Waals surface area contributed by atoms with Crippen LogP contribution in [0.1, 0.15) is 0 Å². The maximum absolute atomic E-state index is 12.5. The van der Waals surface area contributed by atoms with E-state index >= 15 is 0 Å². The Kier molecular flexibility index (Phi) is 4.94. The van der Waals surface area contributed by atoms with Crippen LogP contribution in [0.15, 0.2) is 56.9 Å². The van der Waals surface area contributed by atoms with Crippen molar-refractivity contribution in [3.05, 3.63) is 52.8 Å². The van der Waals surface area contributed by atoms with Crippen LogP contribution in [0.5, 0.6) is 11.5 Å². The van der Waals surface area contributed by atoms with Gasteiger partial charge in [-0.15, -0.1) is 15.3 Å². The molecule has 0 atom stereocenters. The zero-order valence-corrected chi connectivity index (χ0v) is 15.8. The smallest absolute Gasteiger partial charge is 0.278 e. The molecular weight excluding hydrogens is 382 g/mol. The van der Waals surface area contributed by atoms with E-state index in [1.807, 2.05) is 6.07 Å². The summed E-state index contributed by atoms with van der Waals surface area (Å²) < 4.78 is 17.4. The predicted molar refractivity (Wildman–Crippen MR) is 102 cm³/mol. The lowest BCUT2D eigenvalue weighted by atomic mass is 10.2. The highest BCUT2D eigenvalue weighted by Crippen LogP contribution is 2.32. The van der Waals surface area contributed by atoms with Crippen molar-refractivity contribution in [1.29, 1.82) is 0 Å². The summed E-state index contributed by atoms with van der Waals surface area (Å²) in [6, 6.07) is 12.4. The van der Waals surface area contributed by atoms with Crippen LogP contribution in [-0.4, -0.2) is 39.4 Å². The van der Waals surface area contributed by atoms with Crippen LogP contribution in [-0.2, 0) is 5.88 Å². The van der Waals surface area contributed by atoms with Gasteiger partial charge in [-0.05, 0) is 42.1 Å².